The Hall–Kier alpha value is -0.770. The Bertz CT molecular complexity index is 248. The van der Waals surface area contributed by atoms with Gasteiger partial charge in [-0.15, -0.1) is 0 Å². The van der Waals surface area contributed by atoms with Crippen molar-refractivity contribution < 1.29 is 9.53 Å². The highest BCUT2D eigenvalue weighted by Crippen LogP contribution is 2.11. The van der Waals surface area contributed by atoms with Gasteiger partial charge in [0.25, 0.3) is 0 Å². The third-order valence-corrected chi connectivity index (χ3v) is 3.32. The van der Waals surface area contributed by atoms with Crippen molar-refractivity contribution in [3.63, 3.8) is 0 Å². The van der Waals surface area contributed by atoms with Gasteiger partial charge in [0, 0.05) is 19.1 Å². The van der Waals surface area contributed by atoms with Gasteiger partial charge in [-0.25, -0.2) is 4.79 Å². The molecule has 0 saturated carbocycles. The van der Waals surface area contributed by atoms with E-state index in [9.17, 15) is 4.79 Å². The van der Waals surface area contributed by atoms with Crippen LogP contribution in [-0.4, -0.2) is 42.3 Å². The minimum Gasteiger partial charge on any atom is -0.372 e. The summed E-state index contributed by atoms with van der Waals surface area (Å²) in [5.41, 5.74) is 0. The van der Waals surface area contributed by atoms with Crippen LogP contribution in [-0.2, 0) is 4.74 Å². The summed E-state index contributed by atoms with van der Waals surface area (Å²) in [5, 5.41) is 3.08. The van der Waals surface area contributed by atoms with Gasteiger partial charge in [-0.05, 0) is 27.2 Å². The van der Waals surface area contributed by atoms with Crippen LogP contribution in [0.3, 0.4) is 0 Å². The summed E-state index contributed by atoms with van der Waals surface area (Å²) in [4.78, 5) is 14.0. The Morgan fingerprint density at radius 1 is 1.33 bits per heavy atom. The fourth-order valence-corrected chi connectivity index (χ4v) is 2.42. The van der Waals surface area contributed by atoms with Crippen LogP contribution in [0.1, 0.15) is 53.4 Å². The number of rotatable bonds is 5. The van der Waals surface area contributed by atoms with Crippen LogP contribution < -0.4 is 5.32 Å². The molecular weight excluding hydrogens is 228 g/mol. The van der Waals surface area contributed by atoms with E-state index >= 15 is 0 Å². The first-order valence-corrected chi connectivity index (χ1v) is 7.23. The van der Waals surface area contributed by atoms with Crippen molar-refractivity contribution in [2.45, 2.75) is 71.6 Å². The topological polar surface area (TPSA) is 41.6 Å². The molecule has 106 valence electrons. The molecule has 0 aliphatic carbocycles. The number of nitrogens with zero attached hydrogens (tertiary/aromatic N) is 1. The minimum atomic E-state index is 0.0565. The largest absolute Gasteiger partial charge is 0.372 e. The van der Waals surface area contributed by atoms with Crippen molar-refractivity contribution >= 4 is 6.03 Å². The second-order valence-electron chi connectivity index (χ2n) is 5.51. The summed E-state index contributed by atoms with van der Waals surface area (Å²) in [6.45, 7) is 9.69. The molecule has 1 saturated heterocycles. The highest BCUT2D eigenvalue weighted by Gasteiger charge is 2.26. The molecule has 0 radical (unpaired) electrons. The number of nitrogens with one attached hydrogen (secondary N) is 1. The van der Waals surface area contributed by atoms with Crippen molar-refractivity contribution in [1.29, 1.82) is 0 Å². The zero-order chi connectivity index (χ0) is 13.5. The molecule has 0 aromatic rings. The number of amides is 2. The molecule has 1 heterocycles. The van der Waals surface area contributed by atoms with E-state index in [0.29, 0.717) is 13.1 Å². The minimum absolute atomic E-state index is 0.0565. The van der Waals surface area contributed by atoms with E-state index in [1.54, 1.807) is 0 Å². The zero-order valence-corrected chi connectivity index (χ0v) is 12.2. The molecule has 1 aliphatic heterocycles. The monoisotopic (exact) mass is 256 g/mol. The highest BCUT2D eigenvalue weighted by atomic mass is 16.5. The Morgan fingerprint density at radius 3 is 2.50 bits per heavy atom. The standard InChI is InChI=1S/C14H28N2O2/c1-5-6-7-8-11(2)15-14(17)16-9-12(3)18-13(4)10-16/h11-13H,5-10H2,1-4H3,(H,15,17). The van der Waals surface area contributed by atoms with Crippen molar-refractivity contribution in [3.05, 3.63) is 0 Å². The summed E-state index contributed by atoms with van der Waals surface area (Å²) in [6.07, 6.45) is 4.98. The molecule has 0 aromatic heterocycles. The molecule has 1 rings (SSSR count). The maximum Gasteiger partial charge on any atom is 0.317 e. The first kappa shape index (κ1) is 15.3. The average molecular weight is 256 g/mol. The van der Waals surface area contributed by atoms with Crippen molar-refractivity contribution in [2.24, 2.45) is 0 Å². The predicted molar refractivity (Wildman–Crippen MR) is 73.7 cm³/mol. The molecule has 18 heavy (non-hydrogen) atoms. The van der Waals surface area contributed by atoms with Crippen LogP contribution in [0, 0.1) is 0 Å². The van der Waals surface area contributed by atoms with Crippen LogP contribution in [0.2, 0.25) is 0 Å². The van der Waals surface area contributed by atoms with Gasteiger partial charge in [0.1, 0.15) is 0 Å². The summed E-state index contributed by atoms with van der Waals surface area (Å²) < 4.78 is 5.63. The van der Waals surface area contributed by atoms with Crippen molar-refractivity contribution in [3.8, 4) is 0 Å². The van der Waals surface area contributed by atoms with Gasteiger partial charge in [-0.3, -0.25) is 0 Å². The zero-order valence-electron chi connectivity index (χ0n) is 12.2. The lowest BCUT2D eigenvalue weighted by molar-refractivity contribution is -0.0547. The molecule has 1 aliphatic rings. The number of carbonyl (C=O) groups is 1. The van der Waals surface area contributed by atoms with Gasteiger partial charge >= 0.3 is 6.03 Å². The molecule has 0 spiro atoms. The van der Waals surface area contributed by atoms with E-state index in [0.717, 1.165) is 6.42 Å². The number of hydrogen-bond acceptors (Lipinski definition) is 2. The summed E-state index contributed by atoms with van der Waals surface area (Å²) in [7, 11) is 0. The molecule has 0 aromatic carbocycles. The summed E-state index contributed by atoms with van der Waals surface area (Å²) >= 11 is 0. The van der Waals surface area contributed by atoms with Crippen LogP contribution in [0.15, 0.2) is 0 Å². The van der Waals surface area contributed by atoms with Crippen LogP contribution in [0.5, 0.6) is 0 Å². The molecule has 3 atom stereocenters. The lowest BCUT2D eigenvalue weighted by atomic mass is 10.1. The normalized spacial score (nSPS) is 25.9. The predicted octanol–water partition coefficient (Wildman–Crippen LogP) is 2.77. The molecule has 4 heteroatoms. The fourth-order valence-electron chi connectivity index (χ4n) is 2.42. The Balaban J connectivity index is 2.30. The summed E-state index contributed by atoms with van der Waals surface area (Å²) in [5.74, 6) is 0. The van der Waals surface area contributed by atoms with Crippen LogP contribution in [0.4, 0.5) is 4.79 Å². The van der Waals surface area contributed by atoms with E-state index in [1.807, 2.05) is 18.7 Å². The molecule has 2 amide bonds. The van der Waals surface area contributed by atoms with E-state index in [2.05, 4.69) is 19.2 Å². The van der Waals surface area contributed by atoms with Gasteiger partial charge in [0.15, 0.2) is 0 Å². The fraction of sp³-hybridized carbons (Fsp3) is 0.929. The number of urea groups is 1. The number of carbonyl (C=O) groups excluding carboxylic acids is 1. The Kier molecular flexibility index (Phi) is 6.47. The second kappa shape index (κ2) is 7.62. The third kappa shape index (κ3) is 5.25. The van der Waals surface area contributed by atoms with E-state index in [1.165, 1.54) is 19.3 Å². The van der Waals surface area contributed by atoms with E-state index in [4.69, 9.17) is 4.74 Å². The maximum atomic E-state index is 12.1. The van der Waals surface area contributed by atoms with E-state index < -0.39 is 0 Å². The number of ether oxygens (including phenoxy) is 1. The van der Waals surface area contributed by atoms with Crippen molar-refractivity contribution in [2.75, 3.05) is 13.1 Å². The van der Waals surface area contributed by atoms with Crippen molar-refractivity contribution in [1.82, 2.24) is 10.2 Å². The van der Waals surface area contributed by atoms with Gasteiger partial charge in [0.05, 0.1) is 12.2 Å². The lowest BCUT2D eigenvalue weighted by Gasteiger charge is -2.35. The molecular formula is C14H28N2O2. The number of morpholine rings is 1. The third-order valence-electron chi connectivity index (χ3n) is 3.32. The van der Waals surface area contributed by atoms with E-state index in [-0.39, 0.29) is 24.3 Å². The first-order valence-electron chi connectivity index (χ1n) is 7.23. The smallest absolute Gasteiger partial charge is 0.317 e. The number of unbranched alkanes of at least 4 members (excludes halogenated alkanes) is 2. The SMILES string of the molecule is CCCCCC(C)NC(=O)N1CC(C)OC(C)C1. The maximum absolute atomic E-state index is 12.1. The summed E-state index contributed by atoms with van der Waals surface area (Å²) in [6, 6.07) is 0.318. The molecule has 3 unspecified atom stereocenters. The van der Waals surface area contributed by atoms with Gasteiger partial charge in [-0.1, -0.05) is 26.2 Å². The molecule has 1 N–H and O–H groups in total. The Morgan fingerprint density at radius 2 is 1.94 bits per heavy atom. The highest BCUT2D eigenvalue weighted by molar-refractivity contribution is 5.74. The molecule has 1 fully saturated rings. The number of hydrogen-bond donors (Lipinski definition) is 1. The van der Waals surface area contributed by atoms with Crippen LogP contribution >= 0.6 is 0 Å². The lowest BCUT2D eigenvalue weighted by Crippen LogP contribution is -2.53. The van der Waals surface area contributed by atoms with Gasteiger partial charge in [-0.2, -0.15) is 0 Å². The van der Waals surface area contributed by atoms with Gasteiger partial charge in [0.2, 0.25) is 0 Å². The quantitative estimate of drug-likeness (QED) is 0.768. The average Bonchev–Trinajstić information content (AvgIpc) is 2.28. The second-order valence-corrected chi connectivity index (χ2v) is 5.51. The first-order chi connectivity index (χ1) is 8.52. The molecule has 0 bridgehead atoms. The molecule has 4 nitrogen and oxygen atoms in total. The van der Waals surface area contributed by atoms with Gasteiger partial charge < -0.3 is 15.0 Å². The van der Waals surface area contributed by atoms with Crippen LogP contribution in [0.25, 0.3) is 0 Å². The Labute approximate surface area is 111 Å².